The topological polar surface area (TPSA) is 72.9 Å². The van der Waals surface area contributed by atoms with Crippen molar-refractivity contribution in [2.24, 2.45) is 0 Å². The first kappa shape index (κ1) is 9.05. The molecule has 14 heavy (non-hydrogen) atoms. The second-order valence-electron chi connectivity index (χ2n) is 3.52. The Morgan fingerprint density at radius 3 is 3.07 bits per heavy atom. The molecule has 5 nitrogen and oxygen atoms in total. The Kier molecular flexibility index (Phi) is 2.15. The van der Waals surface area contributed by atoms with E-state index in [1.807, 2.05) is 6.92 Å². The lowest BCUT2D eigenvalue weighted by molar-refractivity contribution is 0.0940. The van der Waals surface area contributed by atoms with Crippen LogP contribution in [0.15, 0.2) is 6.07 Å². The number of nitrogen functional groups attached to an aromatic ring is 1. The summed E-state index contributed by atoms with van der Waals surface area (Å²) in [5.41, 5.74) is 6.08. The minimum atomic E-state index is -0.0708. The van der Waals surface area contributed by atoms with Crippen LogP contribution >= 0.6 is 0 Å². The predicted molar refractivity (Wildman–Crippen MR) is 52.8 cm³/mol. The predicted octanol–water partition coefficient (Wildman–Crippen LogP) is 0.377. The third kappa shape index (κ3) is 1.71. The van der Waals surface area contributed by atoms with E-state index in [-0.39, 0.29) is 5.91 Å². The van der Waals surface area contributed by atoms with Gasteiger partial charge >= 0.3 is 0 Å². The van der Waals surface area contributed by atoms with Gasteiger partial charge in [-0.3, -0.25) is 9.48 Å². The first-order chi connectivity index (χ1) is 6.70. The molecule has 0 radical (unpaired) electrons. The summed E-state index contributed by atoms with van der Waals surface area (Å²) in [6.07, 6.45) is 2.17. The average Bonchev–Trinajstić information content (AvgIpc) is 2.87. The lowest BCUT2D eigenvalue weighted by Gasteiger charge is -2.04. The lowest BCUT2D eigenvalue weighted by Crippen LogP contribution is -2.27. The molecule has 0 bridgehead atoms. The fourth-order valence-electron chi connectivity index (χ4n) is 1.35. The van der Waals surface area contributed by atoms with E-state index in [1.165, 1.54) is 0 Å². The molecule has 0 atom stereocenters. The number of aryl methyl sites for hydroxylation is 1. The number of nitrogens with two attached hydrogens (primary N) is 1. The highest BCUT2D eigenvalue weighted by molar-refractivity contribution is 5.93. The maximum Gasteiger partial charge on any atom is 0.269 e. The summed E-state index contributed by atoms with van der Waals surface area (Å²) in [7, 11) is 0. The van der Waals surface area contributed by atoms with Crippen molar-refractivity contribution in [2.45, 2.75) is 32.4 Å². The molecule has 1 heterocycles. The SMILES string of the molecule is CCn1nc(N)cc1C(=O)NC1CC1. The third-order valence-electron chi connectivity index (χ3n) is 2.24. The van der Waals surface area contributed by atoms with Gasteiger partial charge in [-0.15, -0.1) is 0 Å². The van der Waals surface area contributed by atoms with Gasteiger partial charge in [-0.2, -0.15) is 5.10 Å². The van der Waals surface area contributed by atoms with E-state index in [0.29, 0.717) is 24.1 Å². The number of aromatic nitrogens is 2. The minimum absolute atomic E-state index is 0.0708. The van der Waals surface area contributed by atoms with Crippen LogP contribution in [0.25, 0.3) is 0 Å². The van der Waals surface area contributed by atoms with Crippen LogP contribution in [0.1, 0.15) is 30.3 Å². The van der Waals surface area contributed by atoms with Crippen molar-refractivity contribution in [3.8, 4) is 0 Å². The summed E-state index contributed by atoms with van der Waals surface area (Å²) in [5, 5.41) is 6.91. The maximum atomic E-state index is 11.7. The molecule has 76 valence electrons. The molecule has 0 spiro atoms. The lowest BCUT2D eigenvalue weighted by atomic mass is 10.4. The van der Waals surface area contributed by atoms with Gasteiger partial charge in [0.25, 0.3) is 5.91 Å². The van der Waals surface area contributed by atoms with Crippen molar-refractivity contribution in [2.75, 3.05) is 5.73 Å². The molecule has 1 amide bonds. The van der Waals surface area contributed by atoms with E-state index in [9.17, 15) is 4.79 Å². The number of carbonyl (C=O) groups excluding carboxylic acids is 1. The number of nitrogens with one attached hydrogen (secondary N) is 1. The number of anilines is 1. The first-order valence-electron chi connectivity index (χ1n) is 4.85. The molecule has 1 fully saturated rings. The summed E-state index contributed by atoms with van der Waals surface area (Å²) < 4.78 is 1.62. The molecule has 0 saturated heterocycles. The molecule has 1 aromatic rings. The van der Waals surface area contributed by atoms with Gasteiger partial charge in [-0.1, -0.05) is 0 Å². The van der Waals surface area contributed by atoms with Crippen LogP contribution in [0, 0.1) is 0 Å². The Morgan fingerprint density at radius 1 is 1.79 bits per heavy atom. The zero-order valence-electron chi connectivity index (χ0n) is 8.16. The molecule has 0 aromatic carbocycles. The molecule has 1 aliphatic carbocycles. The highest BCUT2D eigenvalue weighted by Gasteiger charge is 2.25. The smallest absolute Gasteiger partial charge is 0.269 e. The standard InChI is InChI=1S/C9H14N4O/c1-2-13-7(5-8(10)12-13)9(14)11-6-3-4-6/h5-6H,2-4H2,1H3,(H2,10,12)(H,11,14). The molecule has 1 aliphatic rings. The van der Waals surface area contributed by atoms with Crippen LogP contribution < -0.4 is 11.1 Å². The van der Waals surface area contributed by atoms with Crippen molar-refractivity contribution in [1.29, 1.82) is 0 Å². The van der Waals surface area contributed by atoms with Gasteiger partial charge in [0.1, 0.15) is 11.5 Å². The number of hydrogen-bond acceptors (Lipinski definition) is 3. The summed E-state index contributed by atoms with van der Waals surface area (Å²) in [6, 6.07) is 1.98. The van der Waals surface area contributed by atoms with Crippen LogP contribution in [0.5, 0.6) is 0 Å². The molecule has 0 unspecified atom stereocenters. The van der Waals surface area contributed by atoms with Gasteiger partial charge in [-0.05, 0) is 19.8 Å². The van der Waals surface area contributed by atoms with Crippen LogP contribution in [-0.2, 0) is 6.54 Å². The van der Waals surface area contributed by atoms with E-state index in [0.717, 1.165) is 12.8 Å². The number of carbonyl (C=O) groups is 1. The van der Waals surface area contributed by atoms with Crippen molar-refractivity contribution in [3.05, 3.63) is 11.8 Å². The van der Waals surface area contributed by atoms with Gasteiger partial charge in [0.2, 0.25) is 0 Å². The fraction of sp³-hybridized carbons (Fsp3) is 0.556. The van der Waals surface area contributed by atoms with Gasteiger partial charge in [0.15, 0.2) is 0 Å². The Balaban J connectivity index is 2.15. The van der Waals surface area contributed by atoms with E-state index >= 15 is 0 Å². The van der Waals surface area contributed by atoms with Gasteiger partial charge < -0.3 is 11.1 Å². The van der Waals surface area contributed by atoms with Crippen molar-refractivity contribution < 1.29 is 4.79 Å². The molecular weight excluding hydrogens is 180 g/mol. The Bertz CT molecular complexity index is 354. The summed E-state index contributed by atoms with van der Waals surface area (Å²) >= 11 is 0. The minimum Gasteiger partial charge on any atom is -0.382 e. The first-order valence-corrected chi connectivity index (χ1v) is 4.85. The van der Waals surface area contributed by atoms with E-state index in [2.05, 4.69) is 10.4 Å². The van der Waals surface area contributed by atoms with E-state index in [1.54, 1.807) is 10.7 Å². The average molecular weight is 194 g/mol. The fourth-order valence-corrected chi connectivity index (χ4v) is 1.35. The summed E-state index contributed by atoms with van der Waals surface area (Å²) in [6.45, 7) is 2.59. The molecule has 0 aliphatic heterocycles. The Hall–Kier alpha value is -1.52. The number of amides is 1. The van der Waals surface area contributed by atoms with Crippen molar-refractivity contribution in [3.63, 3.8) is 0 Å². The van der Waals surface area contributed by atoms with Gasteiger partial charge in [-0.25, -0.2) is 0 Å². The molecule has 5 heteroatoms. The van der Waals surface area contributed by atoms with E-state index < -0.39 is 0 Å². The molecular formula is C9H14N4O. The molecule has 1 saturated carbocycles. The number of rotatable bonds is 3. The molecule has 3 N–H and O–H groups in total. The van der Waals surface area contributed by atoms with Gasteiger partial charge in [0, 0.05) is 18.7 Å². The molecule has 2 rings (SSSR count). The second kappa shape index (κ2) is 3.32. The van der Waals surface area contributed by atoms with Crippen LogP contribution in [-0.4, -0.2) is 21.7 Å². The zero-order valence-corrected chi connectivity index (χ0v) is 8.16. The third-order valence-corrected chi connectivity index (χ3v) is 2.24. The number of hydrogen-bond donors (Lipinski definition) is 2. The molecule has 1 aromatic heterocycles. The van der Waals surface area contributed by atoms with Gasteiger partial charge in [0.05, 0.1) is 0 Å². The van der Waals surface area contributed by atoms with Crippen molar-refractivity contribution in [1.82, 2.24) is 15.1 Å². The monoisotopic (exact) mass is 194 g/mol. The van der Waals surface area contributed by atoms with Crippen LogP contribution in [0.3, 0.4) is 0 Å². The highest BCUT2D eigenvalue weighted by Crippen LogP contribution is 2.19. The zero-order chi connectivity index (χ0) is 10.1. The summed E-state index contributed by atoms with van der Waals surface area (Å²) in [5.74, 6) is 0.325. The van der Waals surface area contributed by atoms with E-state index in [4.69, 9.17) is 5.73 Å². The Morgan fingerprint density at radius 2 is 2.50 bits per heavy atom. The number of nitrogens with zero attached hydrogens (tertiary/aromatic N) is 2. The highest BCUT2D eigenvalue weighted by atomic mass is 16.2. The van der Waals surface area contributed by atoms with Crippen LogP contribution in [0.4, 0.5) is 5.82 Å². The quantitative estimate of drug-likeness (QED) is 0.730. The maximum absolute atomic E-state index is 11.7. The van der Waals surface area contributed by atoms with Crippen LogP contribution in [0.2, 0.25) is 0 Å². The summed E-state index contributed by atoms with van der Waals surface area (Å²) in [4.78, 5) is 11.7. The van der Waals surface area contributed by atoms with Crippen molar-refractivity contribution >= 4 is 11.7 Å². The second-order valence-corrected chi connectivity index (χ2v) is 3.52. The largest absolute Gasteiger partial charge is 0.382 e. The Labute approximate surface area is 82.3 Å². The normalized spacial score (nSPS) is 15.5.